The van der Waals surface area contributed by atoms with Crippen molar-refractivity contribution in [3.05, 3.63) is 29.8 Å². The van der Waals surface area contributed by atoms with E-state index >= 15 is 0 Å². The molecule has 0 saturated carbocycles. The molecule has 0 bridgehead atoms. The van der Waals surface area contributed by atoms with Crippen molar-refractivity contribution in [2.24, 2.45) is 5.41 Å². The number of hydrogen-bond donors (Lipinski definition) is 1. The average molecular weight is 376 g/mol. The maximum Gasteiger partial charge on any atom is 0.119 e. The second-order valence-electron chi connectivity index (χ2n) is 8.86. The van der Waals surface area contributed by atoms with E-state index in [1.165, 1.54) is 24.9 Å². The molecule has 0 radical (unpaired) electrons. The molecule has 2 aliphatic heterocycles. The van der Waals surface area contributed by atoms with Crippen molar-refractivity contribution >= 4 is 0 Å². The molecule has 1 aromatic carbocycles. The summed E-state index contributed by atoms with van der Waals surface area (Å²) in [6, 6.07) is 9.05. The van der Waals surface area contributed by atoms with Crippen LogP contribution in [0.25, 0.3) is 0 Å². The number of morpholine rings is 1. The van der Waals surface area contributed by atoms with Crippen molar-refractivity contribution in [1.82, 2.24) is 15.1 Å². The van der Waals surface area contributed by atoms with Gasteiger partial charge >= 0.3 is 0 Å². The second kappa shape index (κ2) is 9.87. The van der Waals surface area contributed by atoms with Gasteiger partial charge in [0.25, 0.3) is 0 Å². The van der Waals surface area contributed by atoms with Crippen LogP contribution >= 0.6 is 0 Å². The molecule has 0 spiro atoms. The highest BCUT2D eigenvalue weighted by Crippen LogP contribution is 2.20. The zero-order valence-corrected chi connectivity index (χ0v) is 17.4. The molecule has 1 aromatic rings. The lowest BCUT2D eigenvalue weighted by Gasteiger charge is -2.38. The van der Waals surface area contributed by atoms with E-state index < -0.39 is 0 Å². The molecule has 0 aliphatic carbocycles. The number of hydrogen-bond acceptors (Lipinski definition) is 5. The third kappa shape index (κ3) is 6.75. The monoisotopic (exact) mass is 375 g/mol. The summed E-state index contributed by atoms with van der Waals surface area (Å²) in [7, 11) is 1.73. The molecule has 2 aliphatic rings. The quantitative estimate of drug-likeness (QED) is 0.756. The summed E-state index contributed by atoms with van der Waals surface area (Å²) >= 11 is 0. The first kappa shape index (κ1) is 20.6. The van der Waals surface area contributed by atoms with E-state index in [1.807, 2.05) is 6.07 Å². The molecule has 1 N–H and O–H groups in total. The number of nitrogens with zero attached hydrogens (tertiary/aromatic N) is 2. The predicted molar refractivity (Wildman–Crippen MR) is 110 cm³/mol. The standard InChI is InChI=1S/C22H37N3O2/c1-22(2,18-24-10-12-27-13-11-24)17-23-20-7-5-9-25(16-20)15-19-6-4-8-21(14-19)26-3/h4,6,8,14,20,23H,5,7,9-13,15-18H2,1-3H3/t20-/m0/s1. The molecule has 5 nitrogen and oxygen atoms in total. The minimum absolute atomic E-state index is 0.284. The van der Waals surface area contributed by atoms with Crippen LogP contribution in [0.3, 0.4) is 0 Å². The first-order valence-electron chi connectivity index (χ1n) is 10.4. The Morgan fingerprint density at radius 3 is 2.78 bits per heavy atom. The lowest BCUT2D eigenvalue weighted by molar-refractivity contribution is 0.0204. The number of rotatable bonds is 8. The van der Waals surface area contributed by atoms with Crippen molar-refractivity contribution in [3.8, 4) is 5.75 Å². The third-order valence-corrected chi connectivity index (χ3v) is 5.67. The molecule has 0 aromatic heterocycles. The normalized spacial score (nSPS) is 22.7. The number of piperidine rings is 1. The lowest BCUT2D eigenvalue weighted by Crippen LogP contribution is -2.50. The summed E-state index contributed by atoms with van der Waals surface area (Å²) in [4.78, 5) is 5.12. The minimum atomic E-state index is 0.284. The number of nitrogens with one attached hydrogen (secondary N) is 1. The van der Waals surface area contributed by atoms with Gasteiger partial charge in [-0.25, -0.2) is 0 Å². The maximum atomic E-state index is 5.47. The fraction of sp³-hybridized carbons (Fsp3) is 0.727. The largest absolute Gasteiger partial charge is 0.497 e. The van der Waals surface area contributed by atoms with Gasteiger partial charge in [0.2, 0.25) is 0 Å². The smallest absolute Gasteiger partial charge is 0.119 e. The summed E-state index contributed by atoms with van der Waals surface area (Å²) in [5, 5.41) is 3.87. The Balaban J connectivity index is 1.44. The molecule has 2 saturated heterocycles. The Labute approximate surface area is 165 Å². The molecule has 5 heteroatoms. The van der Waals surface area contributed by atoms with E-state index in [-0.39, 0.29) is 5.41 Å². The van der Waals surface area contributed by atoms with E-state index in [2.05, 4.69) is 47.2 Å². The van der Waals surface area contributed by atoms with Crippen LogP contribution in [0.1, 0.15) is 32.3 Å². The molecule has 0 amide bonds. The zero-order chi connectivity index (χ0) is 19.1. The van der Waals surface area contributed by atoms with Crippen LogP contribution in [-0.4, -0.2) is 75.4 Å². The molecule has 1 atom stereocenters. The number of likely N-dealkylation sites (tertiary alicyclic amines) is 1. The van der Waals surface area contributed by atoms with Gasteiger partial charge < -0.3 is 14.8 Å². The van der Waals surface area contributed by atoms with Crippen molar-refractivity contribution < 1.29 is 9.47 Å². The van der Waals surface area contributed by atoms with E-state index in [4.69, 9.17) is 9.47 Å². The molecular weight excluding hydrogens is 338 g/mol. The maximum absolute atomic E-state index is 5.47. The van der Waals surface area contributed by atoms with Crippen LogP contribution in [0.5, 0.6) is 5.75 Å². The molecule has 152 valence electrons. The lowest BCUT2D eigenvalue weighted by atomic mass is 9.91. The third-order valence-electron chi connectivity index (χ3n) is 5.67. The summed E-state index contributed by atoms with van der Waals surface area (Å²) in [5.74, 6) is 0.948. The van der Waals surface area contributed by atoms with Crippen LogP contribution in [0.4, 0.5) is 0 Å². The van der Waals surface area contributed by atoms with Gasteiger partial charge in [-0.05, 0) is 42.5 Å². The van der Waals surface area contributed by atoms with Crippen LogP contribution < -0.4 is 10.1 Å². The summed E-state index contributed by atoms with van der Waals surface area (Å²) in [6.45, 7) is 14.2. The number of methoxy groups -OCH3 is 1. The van der Waals surface area contributed by atoms with Gasteiger partial charge in [-0.2, -0.15) is 0 Å². The van der Waals surface area contributed by atoms with Gasteiger partial charge in [-0.1, -0.05) is 26.0 Å². The zero-order valence-electron chi connectivity index (χ0n) is 17.4. The molecule has 3 rings (SSSR count). The highest BCUT2D eigenvalue weighted by molar-refractivity contribution is 5.28. The number of benzene rings is 1. The fourth-order valence-corrected chi connectivity index (χ4v) is 4.24. The van der Waals surface area contributed by atoms with Crippen molar-refractivity contribution in [3.63, 3.8) is 0 Å². The van der Waals surface area contributed by atoms with E-state index in [0.29, 0.717) is 6.04 Å². The Bertz CT molecular complexity index is 572. The van der Waals surface area contributed by atoms with E-state index in [9.17, 15) is 0 Å². The van der Waals surface area contributed by atoms with Crippen LogP contribution in [-0.2, 0) is 11.3 Å². The van der Waals surface area contributed by atoms with Gasteiger partial charge in [0.1, 0.15) is 5.75 Å². The summed E-state index contributed by atoms with van der Waals surface area (Å²) < 4.78 is 10.8. The van der Waals surface area contributed by atoms with Crippen LogP contribution in [0.2, 0.25) is 0 Å². The van der Waals surface area contributed by atoms with E-state index in [0.717, 1.165) is 58.2 Å². The number of ether oxygens (including phenoxy) is 2. The Kier molecular flexibility index (Phi) is 7.53. The van der Waals surface area contributed by atoms with Crippen LogP contribution in [0.15, 0.2) is 24.3 Å². The van der Waals surface area contributed by atoms with E-state index in [1.54, 1.807) is 7.11 Å². The minimum Gasteiger partial charge on any atom is -0.497 e. The first-order chi connectivity index (χ1) is 13.0. The second-order valence-corrected chi connectivity index (χ2v) is 8.86. The van der Waals surface area contributed by atoms with Crippen molar-refractivity contribution in [2.75, 3.05) is 59.6 Å². The molecule has 2 heterocycles. The fourth-order valence-electron chi connectivity index (χ4n) is 4.24. The molecular formula is C22H37N3O2. The van der Waals surface area contributed by atoms with Gasteiger partial charge in [0.15, 0.2) is 0 Å². The van der Waals surface area contributed by atoms with Crippen molar-refractivity contribution in [1.29, 1.82) is 0 Å². The Hall–Kier alpha value is -1.14. The first-order valence-corrected chi connectivity index (χ1v) is 10.4. The van der Waals surface area contributed by atoms with Crippen LogP contribution in [0, 0.1) is 5.41 Å². The summed E-state index contributed by atoms with van der Waals surface area (Å²) in [5.41, 5.74) is 1.62. The highest BCUT2D eigenvalue weighted by Gasteiger charge is 2.26. The summed E-state index contributed by atoms with van der Waals surface area (Å²) in [6.07, 6.45) is 2.55. The van der Waals surface area contributed by atoms with Gasteiger partial charge in [-0.3, -0.25) is 9.80 Å². The molecule has 27 heavy (non-hydrogen) atoms. The Morgan fingerprint density at radius 1 is 1.19 bits per heavy atom. The average Bonchev–Trinajstić information content (AvgIpc) is 2.67. The highest BCUT2D eigenvalue weighted by atomic mass is 16.5. The Morgan fingerprint density at radius 2 is 2.00 bits per heavy atom. The van der Waals surface area contributed by atoms with Gasteiger partial charge in [0.05, 0.1) is 20.3 Å². The van der Waals surface area contributed by atoms with Gasteiger partial charge in [-0.15, -0.1) is 0 Å². The predicted octanol–water partition coefficient (Wildman–Crippen LogP) is 2.61. The topological polar surface area (TPSA) is 37.0 Å². The molecule has 0 unspecified atom stereocenters. The molecule has 2 fully saturated rings. The van der Waals surface area contributed by atoms with Crippen molar-refractivity contribution in [2.45, 2.75) is 39.3 Å². The van der Waals surface area contributed by atoms with Gasteiger partial charge in [0, 0.05) is 45.3 Å². The SMILES string of the molecule is COc1cccc(CN2CCC[C@H](NCC(C)(C)CN3CCOCC3)C2)c1.